The largest absolute Gasteiger partial charge is 0.510 e. The van der Waals surface area contributed by atoms with Crippen molar-refractivity contribution < 1.29 is 34.8 Å². The number of ketones is 2. The monoisotopic (exact) mass is 454 g/mol. The number of aliphatic hydroxyl groups is 3. The summed E-state index contributed by atoms with van der Waals surface area (Å²) in [6.07, 6.45) is 2.44. The van der Waals surface area contributed by atoms with Crippen LogP contribution in [-0.2, 0) is 16.0 Å². The first-order valence-electron chi connectivity index (χ1n) is 11.0. The predicted molar refractivity (Wildman–Crippen MR) is 116 cm³/mol. The van der Waals surface area contributed by atoms with E-state index in [-0.39, 0.29) is 29.2 Å². The van der Waals surface area contributed by atoms with Crippen LogP contribution in [0.3, 0.4) is 0 Å². The number of amides is 1. The van der Waals surface area contributed by atoms with Crippen molar-refractivity contribution in [3.05, 3.63) is 51.5 Å². The molecule has 9 nitrogen and oxygen atoms in total. The van der Waals surface area contributed by atoms with Gasteiger partial charge in [0.25, 0.3) is 5.91 Å². The summed E-state index contributed by atoms with van der Waals surface area (Å²) in [5.74, 6) is -6.41. The number of carbonyl (C=O) groups excluding carboxylic acids is 3. The number of fused-ring (bicyclic) bond motifs is 3. The quantitative estimate of drug-likeness (QED) is 0.414. The van der Waals surface area contributed by atoms with Gasteiger partial charge in [-0.2, -0.15) is 0 Å². The minimum atomic E-state index is -2.60. The van der Waals surface area contributed by atoms with Crippen molar-refractivity contribution in [2.45, 2.75) is 43.2 Å². The molecule has 4 aliphatic carbocycles. The third-order valence-electron chi connectivity index (χ3n) is 7.93. The molecule has 0 saturated heterocycles. The van der Waals surface area contributed by atoms with E-state index in [2.05, 4.69) is 0 Å². The fraction of sp³-hybridized carbons (Fsp3) is 0.458. The zero-order valence-electron chi connectivity index (χ0n) is 18.3. The Morgan fingerprint density at radius 1 is 1.15 bits per heavy atom. The molecule has 0 unspecified atom stereocenters. The summed E-state index contributed by atoms with van der Waals surface area (Å²) in [6, 6.07) is 2.27. The number of phenolic OH excluding ortho intramolecular Hbond substituents is 1. The summed E-state index contributed by atoms with van der Waals surface area (Å²) in [4.78, 5) is 40.4. The molecular weight excluding hydrogens is 428 g/mol. The van der Waals surface area contributed by atoms with Gasteiger partial charge in [-0.25, -0.2) is 0 Å². The summed E-state index contributed by atoms with van der Waals surface area (Å²) < 4.78 is 0. The number of primary amides is 1. The van der Waals surface area contributed by atoms with E-state index in [0.717, 1.165) is 24.0 Å². The van der Waals surface area contributed by atoms with E-state index in [4.69, 9.17) is 5.73 Å². The second kappa shape index (κ2) is 6.91. The van der Waals surface area contributed by atoms with E-state index in [1.807, 2.05) is 6.07 Å². The average Bonchev–Trinajstić information content (AvgIpc) is 2.74. The molecule has 0 fully saturated rings. The molecule has 1 amide bonds. The molecule has 0 aromatic heterocycles. The Kier molecular flexibility index (Phi) is 4.54. The summed E-state index contributed by atoms with van der Waals surface area (Å²) in [5, 5.41) is 44.3. The highest BCUT2D eigenvalue weighted by atomic mass is 16.3. The van der Waals surface area contributed by atoms with Crippen molar-refractivity contribution >= 4 is 17.5 Å². The van der Waals surface area contributed by atoms with Crippen molar-refractivity contribution in [2.24, 2.45) is 17.6 Å². The van der Waals surface area contributed by atoms with Crippen LogP contribution in [0.25, 0.3) is 0 Å². The molecule has 1 aromatic rings. The van der Waals surface area contributed by atoms with Gasteiger partial charge in [0, 0.05) is 11.5 Å². The first-order chi connectivity index (χ1) is 15.5. The van der Waals surface area contributed by atoms with Crippen LogP contribution in [0.1, 0.15) is 46.7 Å². The van der Waals surface area contributed by atoms with Gasteiger partial charge in [0.05, 0.1) is 11.6 Å². The SMILES string of the molecule is CN(C)[C@@H]1C(O)=C(C(N)=O)C(=O)[C@@]2(O)C(O)=C3C(=O)c4c(O)ccc5c4[C@H](CCC5)[C@H]3C[C@@H]12. The summed E-state index contributed by atoms with van der Waals surface area (Å²) in [5.41, 5.74) is 3.66. The maximum absolute atomic E-state index is 13.6. The van der Waals surface area contributed by atoms with Gasteiger partial charge in [-0.05, 0) is 68.8 Å². The fourth-order valence-electron chi connectivity index (χ4n) is 6.61. The summed E-state index contributed by atoms with van der Waals surface area (Å²) >= 11 is 0. The molecule has 1 aromatic carbocycles. The molecule has 9 heteroatoms. The molecule has 6 N–H and O–H groups in total. The van der Waals surface area contributed by atoms with E-state index >= 15 is 0 Å². The van der Waals surface area contributed by atoms with E-state index in [1.54, 1.807) is 19.0 Å². The number of phenols is 1. The number of allylic oxidation sites excluding steroid dienone is 1. The van der Waals surface area contributed by atoms with Gasteiger partial charge in [-0.3, -0.25) is 19.3 Å². The zero-order valence-corrected chi connectivity index (χ0v) is 18.3. The molecule has 0 heterocycles. The molecule has 0 bridgehead atoms. The lowest BCUT2D eigenvalue weighted by Crippen LogP contribution is -2.64. The number of rotatable bonds is 2. The number of benzene rings is 1. The van der Waals surface area contributed by atoms with Crippen molar-refractivity contribution in [3.63, 3.8) is 0 Å². The number of aliphatic hydroxyl groups excluding tert-OH is 2. The maximum atomic E-state index is 13.6. The number of carbonyl (C=O) groups is 3. The number of aromatic hydroxyl groups is 1. The fourth-order valence-corrected chi connectivity index (χ4v) is 6.61. The first-order valence-corrected chi connectivity index (χ1v) is 11.0. The Morgan fingerprint density at radius 3 is 2.48 bits per heavy atom. The number of nitrogens with two attached hydrogens (primary N) is 1. The molecule has 5 rings (SSSR count). The molecule has 33 heavy (non-hydrogen) atoms. The van der Waals surface area contributed by atoms with E-state index in [1.165, 1.54) is 6.07 Å². The topological polar surface area (TPSA) is 161 Å². The highest BCUT2D eigenvalue weighted by molar-refractivity contribution is 6.24. The predicted octanol–water partition coefficient (Wildman–Crippen LogP) is 0.998. The molecule has 5 atom stereocenters. The number of Topliss-reactive ketones (excluding diaryl/α,β-unsaturated/α-hetero) is 2. The Morgan fingerprint density at radius 2 is 1.85 bits per heavy atom. The highest BCUT2D eigenvalue weighted by Gasteiger charge is 2.64. The van der Waals surface area contributed by atoms with Crippen molar-refractivity contribution in [1.82, 2.24) is 4.90 Å². The van der Waals surface area contributed by atoms with Crippen LogP contribution in [0.2, 0.25) is 0 Å². The summed E-state index contributed by atoms with van der Waals surface area (Å²) in [7, 11) is 3.23. The van der Waals surface area contributed by atoms with Crippen LogP contribution < -0.4 is 5.73 Å². The van der Waals surface area contributed by atoms with Crippen LogP contribution in [0.5, 0.6) is 5.75 Å². The zero-order chi connectivity index (χ0) is 24.0. The lowest BCUT2D eigenvalue weighted by atomic mass is 9.54. The van der Waals surface area contributed by atoms with Gasteiger partial charge in [0.15, 0.2) is 11.4 Å². The van der Waals surface area contributed by atoms with Crippen LogP contribution in [-0.4, -0.2) is 68.5 Å². The van der Waals surface area contributed by atoms with Gasteiger partial charge in [0.1, 0.15) is 22.8 Å². The lowest BCUT2D eigenvalue weighted by molar-refractivity contribution is -0.148. The molecule has 0 saturated carbocycles. The number of aryl methyl sites for hydroxylation is 1. The van der Waals surface area contributed by atoms with Gasteiger partial charge in [0.2, 0.25) is 5.78 Å². The minimum Gasteiger partial charge on any atom is -0.510 e. The second-order valence-electron chi connectivity index (χ2n) is 9.70. The van der Waals surface area contributed by atoms with Gasteiger partial charge in [-0.1, -0.05) is 6.07 Å². The standard InChI is InChI=1S/C24H26N2O7/c1-26(2)18-12-8-11-10-5-3-4-9-6-7-13(27)16(14(9)10)19(28)15(11)21(30)24(12,33)22(31)17(20(18)29)23(25)32/h6-7,10-12,18,27,29-30,33H,3-5,8H2,1-2H3,(H2,25,32)/t10-,11-,12+,18+,24+/m1/s1. The molecule has 0 radical (unpaired) electrons. The number of hydrogen-bond donors (Lipinski definition) is 5. The molecule has 0 spiro atoms. The number of likely N-dealkylation sites (N-methyl/N-ethyl adjacent to an activating group) is 1. The smallest absolute Gasteiger partial charge is 0.255 e. The third kappa shape index (κ3) is 2.57. The Labute approximate surface area is 189 Å². The molecule has 4 aliphatic rings. The van der Waals surface area contributed by atoms with Crippen molar-refractivity contribution in [2.75, 3.05) is 14.1 Å². The van der Waals surface area contributed by atoms with Gasteiger partial charge in [-0.15, -0.1) is 0 Å². The highest BCUT2D eigenvalue weighted by Crippen LogP contribution is 2.57. The minimum absolute atomic E-state index is 0.0954. The Hall–Kier alpha value is -3.17. The third-order valence-corrected chi connectivity index (χ3v) is 7.93. The van der Waals surface area contributed by atoms with Gasteiger partial charge >= 0.3 is 0 Å². The van der Waals surface area contributed by atoms with Crippen LogP contribution in [0, 0.1) is 11.8 Å². The van der Waals surface area contributed by atoms with E-state index in [9.17, 15) is 34.8 Å². The van der Waals surface area contributed by atoms with Crippen LogP contribution in [0.15, 0.2) is 34.8 Å². The number of nitrogens with zero attached hydrogens (tertiary/aromatic N) is 1. The first kappa shape index (κ1) is 21.7. The normalized spacial score (nSPS) is 33.1. The van der Waals surface area contributed by atoms with Crippen molar-refractivity contribution in [3.8, 4) is 5.75 Å². The lowest BCUT2D eigenvalue weighted by Gasteiger charge is -2.52. The molecule has 174 valence electrons. The van der Waals surface area contributed by atoms with Crippen LogP contribution in [0.4, 0.5) is 0 Å². The molecular formula is C24H26N2O7. The second-order valence-corrected chi connectivity index (χ2v) is 9.70. The Bertz CT molecular complexity index is 1200. The van der Waals surface area contributed by atoms with Gasteiger partial charge < -0.3 is 26.2 Å². The number of hydrogen-bond acceptors (Lipinski definition) is 8. The summed E-state index contributed by atoms with van der Waals surface area (Å²) in [6.45, 7) is 0. The van der Waals surface area contributed by atoms with E-state index in [0.29, 0.717) is 6.42 Å². The Balaban J connectivity index is 1.79. The average molecular weight is 454 g/mol. The van der Waals surface area contributed by atoms with E-state index < -0.39 is 58.0 Å². The van der Waals surface area contributed by atoms with Crippen LogP contribution >= 0.6 is 0 Å². The van der Waals surface area contributed by atoms with Crippen molar-refractivity contribution in [1.29, 1.82) is 0 Å². The maximum Gasteiger partial charge on any atom is 0.255 e. The molecule has 0 aliphatic heterocycles.